The fourth-order valence-electron chi connectivity index (χ4n) is 2.20. The molecule has 2 rings (SSSR count). The van der Waals surface area contributed by atoms with Crippen LogP contribution in [-0.4, -0.2) is 26.1 Å². The van der Waals surface area contributed by atoms with E-state index in [-0.39, 0.29) is 5.56 Å². The lowest BCUT2D eigenvalue weighted by atomic mass is 9.95. The van der Waals surface area contributed by atoms with Gasteiger partial charge in [-0.3, -0.25) is 4.98 Å². The zero-order chi connectivity index (χ0) is 17.9. The number of aromatic nitrogens is 1. The van der Waals surface area contributed by atoms with Crippen LogP contribution in [0.4, 0.5) is 4.39 Å². The van der Waals surface area contributed by atoms with Crippen LogP contribution in [0.15, 0.2) is 30.5 Å². The quantitative estimate of drug-likeness (QED) is 0.467. The number of halogens is 1. The number of carbonyl (C=O) groups excluding carboxylic acids is 1. The monoisotopic (exact) mass is 341 g/mol. The number of nitrogens with zero attached hydrogens (tertiary/aromatic N) is 1. The van der Waals surface area contributed by atoms with E-state index in [1.807, 2.05) is 0 Å². The molecule has 1 aromatic carbocycles. The maximum Gasteiger partial charge on any atom is 0.340 e. The van der Waals surface area contributed by atoms with Crippen LogP contribution in [0.25, 0.3) is 11.1 Å². The Kier molecular flexibility index (Phi) is 5.20. The summed E-state index contributed by atoms with van der Waals surface area (Å²) in [5.41, 5.74) is 5.48. The second-order valence-electron chi connectivity index (χ2n) is 6.53. The predicted molar refractivity (Wildman–Crippen MR) is 95.9 cm³/mol. The number of rotatable bonds is 2. The van der Waals surface area contributed by atoms with Gasteiger partial charge in [0.25, 0.3) is 0 Å². The Bertz CT molecular complexity index is 845. The van der Waals surface area contributed by atoms with E-state index < -0.39 is 19.9 Å². The average molecular weight is 341 g/mol. The molecular weight excluding hydrogens is 321 g/mol. The van der Waals surface area contributed by atoms with Crippen LogP contribution in [-0.2, 0) is 4.74 Å². The molecule has 0 radical (unpaired) electrons. The molecule has 0 aliphatic rings. The summed E-state index contributed by atoms with van der Waals surface area (Å²) in [6, 6.07) is 6.44. The van der Waals surface area contributed by atoms with E-state index >= 15 is 0 Å². The van der Waals surface area contributed by atoms with E-state index in [9.17, 15) is 9.18 Å². The maximum atomic E-state index is 14.6. The highest BCUT2D eigenvalue weighted by atomic mass is 28.3. The molecule has 2 aromatic rings. The Hall–Kier alpha value is -2.45. The SMILES string of the molecule is COC(=O)c1cnc(C)cc1-c1c(F)cccc1C#C[Si](C)(C)C. The van der Waals surface area contributed by atoms with Crippen molar-refractivity contribution >= 4 is 14.0 Å². The van der Waals surface area contributed by atoms with Crippen LogP contribution < -0.4 is 0 Å². The number of aryl methyl sites for hydroxylation is 1. The molecule has 0 aliphatic heterocycles. The summed E-state index contributed by atoms with van der Waals surface area (Å²) in [5.74, 6) is 2.12. The molecule has 0 spiro atoms. The molecule has 1 aromatic heterocycles. The molecule has 24 heavy (non-hydrogen) atoms. The molecule has 0 N–H and O–H groups in total. The van der Waals surface area contributed by atoms with Gasteiger partial charge in [-0.1, -0.05) is 31.6 Å². The third-order valence-corrected chi connectivity index (χ3v) is 4.18. The van der Waals surface area contributed by atoms with Crippen molar-refractivity contribution in [2.75, 3.05) is 7.11 Å². The number of ether oxygens (including phenoxy) is 1. The molecule has 0 fully saturated rings. The summed E-state index contributed by atoms with van der Waals surface area (Å²) in [7, 11) is -0.331. The lowest BCUT2D eigenvalue weighted by molar-refractivity contribution is 0.0601. The molecule has 0 bridgehead atoms. The van der Waals surface area contributed by atoms with Crippen molar-refractivity contribution in [2.45, 2.75) is 26.6 Å². The average Bonchev–Trinajstić information content (AvgIpc) is 2.51. The number of hydrogen-bond acceptors (Lipinski definition) is 3. The first-order chi connectivity index (χ1) is 11.2. The molecule has 0 atom stereocenters. The van der Waals surface area contributed by atoms with E-state index in [2.05, 4.69) is 36.1 Å². The van der Waals surface area contributed by atoms with Crippen molar-refractivity contribution in [2.24, 2.45) is 0 Å². The molecule has 0 saturated heterocycles. The smallest absolute Gasteiger partial charge is 0.340 e. The van der Waals surface area contributed by atoms with Gasteiger partial charge in [0.05, 0.1) is 12.7 Å². The summed E-state index contributed by atoms with van der Waals surface area (Å²) in [6.45, 7) is 8.15. The van der Waals surface area contributed by atoms with E-state index in [1.165, 1.54) is 19.4 Å². The highest BCUT2D eigenvalue weighted by Crippen LogP contribution is 2.30. The first-order valence-corrected chi connectivity index (χ1v) is 11.1. The zero-order valence-corrected chi connectivity index (χ0v) is 15.5. The molecular formula is C19H20FNO2Si. The van der Waals surface area contributed by atoms with Gasteiger partial charge in [0, 0.05) is 28.6 Å². The van der Waals surface area contributed by atoms with Crippen LogP contribution in [0.2, 0.25) is 19.6 Å². The minimum Gasteiger partial charge on any atom is -0.465 e. The molecule has 0 aliphatic carbocycles. The second kappa shape index (κ2) is 6.98. The normalized spacial score (nSPS) is 10.8. The van der Waals surface area contributed by atoms with E-state index in [0.29, 0.717) is 22.4 Å². The van der Waals surface area contributed by atoms with Crippen LogP contribution in [0.3, 0.4) is 0 Å². The van der Waals surface area contributed by atoms with Gasteiger partial charge < -0.3 is 4.74 Å². The van der Waals surface area contributed by atoms with Gasteiger partial charge in [-0.05, 0) is 25.1 Å². The molecule has 3 nitrogen and oxygen atoms in total. The Morgan fingerprint density at radius 2 is 2.00 bits per heavy atom. The first kappa shape index (κ1) is 17.9. The second-order valence-corrected chi connectivity index (χ2v) is 11.3. The van der Waals surface area contributed by atoms with Crippen LogP contribution in [0.5, 0.6) is 0 Å². The highest BCUT2D eigenvalue weighted by molar-refractivity contribution is 6.83. The lowest BCUT2D eigenvalue weighted by Crippen LogP contribution is -2.16. The highest BCUT2D eigenvalue weighted by Gasteiger charge is 2.19. The summed E-state index contributed by atoms with van der Waals surface area (Å²) in [5, 5.41) is 0. The lowest BCUT2D eigenvalue weighted by Gasteiger charge is -2.12. The largest absolute Gasteiger partial charge is 0.465 e. The fraction of sp³-hybridized carbons (Fsp3) is 0.263. The Balaban J connectivity index is 2.75. The maximum absolute atomic E-state index is 14.6. The Morgan fingerprint density at radius 1 is 1.29 bits per heavy atom. The molecule has 1 heterocycles. The van der Waals surface area contributed by atoms with Crippen molar-refractivity contribution in [1.29, 1.82) is 0 Å². The van der Waals surface area contributed by atoms with E-state index in [1.54, 1.807) is 25.1 Å². The minimum atomic E-state index is -1.62. The number of esters is 1. The van der Waals surface area contributed by atoms with Gasteiger partial charge in [0.2, 0.25) is 0 Å². The zero-order valence-electron chi connectivity index (χ0n) is 14.5. The van der Waals surface area contributed by atoms with Crippen LogP contribution >= 0.6 is 0 Å². The van der Waals surface area contributed by atoms with Crippen LogP contribution in [0, 0.1) is 24.2 Å². The van der Waals surface area contributed by atoms with Crippen molar-refractivity contribution in [3.05, 3.63) is 53.1 Å². The Morgan fingerprint density at radius 3 is 2.62 bits per heavy atom. The van der Waals surface area contributed by atoms with Crippen molar-refractivity contribution < 1.29 is 13.9 Å². The molecule has 0 unspecified atom stereocenters. The van der Waals surface area contributed by atoms with E-state index in [0.717, 1.165) is 0 Å². The van der Waals surface area contributed by atoms with Crippen LogP contribution in [0.1, 0.15) is 21.6 Å². The van der Waals surface area contributed by atoms with Gasteiger partial charge in [-0.2, -0.15) is 0 Å². The van der Waals surface area contributed by atoms with Gasteiger partial charge >= 0.3 is 5.97 Å². The topological polar surface area (TPSA) is 39.2 Å². The molecule has 124 valence electrons. The first-order valence-electron chi connectivity index (χ1n) is 7.60. The molecule has 0 saturated carbocycles. The minimum absolute atomic E-state index is 0.226. The predicted octanol–water partition coefficient (Wildman–Crippen LogP) is 4.21. The molecule has 5 heteroatoms. The number of pyridine rings is 1. The third kappa shape index (κ3) is 4.09. The van der Waals surface area contributed by atoms with E-state index in [4.69, 9.17) is 4.74 Å². The summed E-state index contributed by atoms with van der Waals surface area (Å²) < 4.78 is 19.4. The van der Waals surface area contributed by atoms with Gasteiger partial charge in [0.1, 0.15) is 13.9 Å². The summed E-state index contributed by atoms with van der Waals surface area (Å²) in [4.78, 5) is 16.2. The Labute approximate surface area is 142 Å². The van der Waals surface area contributed by atoms with Gasteiger partial charge in [0.15, 0.2) is 0 Å². The fourth-order valence-corrected chi connectivity index (χ4v) is 2.71. The van der Waals surface area contributed by atoms with Crippen molar-refractivity contribution in [3.8, 4) is 22.6 Å². The molecule has 0 amide bonds. The summed E-state index contributed by atoms with van der Waals surface area (Å²) in [6.07, 6.45) is 1.42. The number of carbonyl (C=O) groups is 1. The summed E-state index contributed by atoms with van der Waals surface area (Å²) >= 11 is 0. The van der Waals surface area contributed by atoms with Crippen molar-refractivity contribution in [1.82, 2.24) is 4.98 Å². The number of benzene rings is 1. The standard InChI is InChI=1S/C19H20FNO2Si/c1-13-11-15(16(12-21-13)19(22)23-2)18-14(7-6-8-17(18)20)9-10-24(3,4)5/h6-8,11-12H,1-5H3. The number of methoxy groups -OCH3 is 1. The van der Waals surface area contributed by atoms with Gasteiger partial charge in [-0.15, -0.1) is 5.54 Å². The van der Waals surface area contributed by atoms with Crippen molar-refractivity contribution in [3.63, 3.8) is 0 Å². The number of hydrogen-bond donors (Lipinski definition) is 0. The van der Waals surface area contributed by atoms with Gasteiger partial charge in [-0.25, -0.2) is 9.18 Å². The third-order valence-electron chi connectivity index (χ3n) is 3.30.